The molecule has 2 atom stereocenters. The van der Waals surface area contributed by atoms with Crippen LogP contribution in [-0.4, -0.2) is 72.2 Å². The zero-order chi connectivity index (χ0) is 41.8. The number of amides is 4. The fraction of sp³-hybridized carbons (Fsp3) is 0.425. The summed E-state index contributed by atoms with van der Waals surface area (Å²) in [5.74, 6) is -0.508. The van der Waals surface area contributed by atoms with Crippen LogP contribution in [0.1, 0.15) is 62.6 Å². The van der Waals surface area contributed by atoms with Gasteiger partial charge in [0.25, 0.3) is 5.91 Å². The van der Waals surface area contributed by atoms with Crippen molar-refractivity contribution in [3.05, 3.63) is 76.3 Å². The van der Waals surface area contributed by atoms with Crippen molar-refractivity contribution in [2.75, 3.05) is 48.6 Å². The number of benzene rings is 3. The summed E-state index contributed by atoms with van der Waals surface area (Å²) in [5, 5.41) is 18.9. The van der Waals surface area contributed by atoms with Crippen molar-refractivity contribution in [2.45, 2.75) is 74.2 Å². The first-order valence-corrected chi connectivity index (χ1v) is 20.5. The predicted molar refractivity (Wildman–Crippen MR) is 221 cm³/mol. The van der Waals surface area contributed by atoms with Crippen LogP contribution < -0.4 is 30.5 Å². The van der Waals surface area contributed by atoms with Gasteiger partial charge in [0.05, 0.1) is 47.5 Å². The van der Waals surface area contributed by atoms with Crippen LogP contribution in [0.25, 0.3) is 0 Å². The number of imide groups is 1. The van der Waals surface area contributed by atoms with Crippen LogP contribution in [0.5, 0.6) is 5.75 Å². The van der Waals surface area contributed by atoms with Crippen LogP contribution in [0, 0.1) is 17.2 Å². The molecule has 3 aromatic carbocycles. The number of piperidine rings is 2. The molecule has 3 heterocycles. The molecule has 3 saturated heterocycles. The van der Waals surface area contributed by atoms with Crippen LogP contribution in [0.4, 0.5) is 34.6 Å². The average molecular weight is 883 g/mol. The third kappa shape index (κ3) is 11.0. The number of hydrogen-bond donors (Lipinski definition) is 5. The first-order chi connectivity index (χ1) is 27.5. The van der Waals surface area contributed by atoms with Crippen molar-refractivity contribution >= 4 is 75.8 Å². The summed E-state index contributed by atoms with van der Waals surface area (Å²) in [4.78, 5) is 56.0. The Hall–Kier alpha value is -4.60. The first-order valence-electron chi connectivity index (χ1n) is 18.8. The van der Waals surface area contributed by atoms with E-state index in [1.54, 1.807) is 56.3 Å². The number of nitrogens with zero attached hydrogens (tertiary/aromatic N) is 3. The third-order valence-corrected chi connectivity index (χ3v) is 13.2. The molecular formula is C40H45Cl2F4N7O5S. The Morgan fingerprint density at radius 1 is 1.05 bits per heavy atom. The number of hydrogen-bond acceptors (Lipinski definition) is 9. The van der Waals surface area contributed by atoms with Crippen molar-refractivity contribution in [3.63, 3.8) is 0 Å². The highest BCUT2D eigenvalue weighted by atomic mass is 35.5. The van der Waals surface area contributed by atoms with E-state index >= 15 is 0 Å². The van der Waals surface area contributed by atoms with E-state index in [2.05, 4.69) is 25.7 Å². The largest absolute Gasteiger partial charge is 0.493 e. The second-order valence-corrected chi connectivity index (χ2v) is 17.9. The maximum absolute atomic E-state index is 13.8. The Balaban J connectivity index is 0.00000661. The van der Waals surface area contributed by atoms with Crippen LogP contribution in [0.3, 0.4) is 0 Å². The van der Waals surface area contributed by atoms with E-state index in [1.165, 1.54) is 6.07 Å². The fourth-order valence-corrected chi connectivity index (χ4v) is 9.74. The number of carbonyl (C=O) groups excluding carboxylic acids is 4. The van der Waals surface area contributed by atoms with E-state index in [-0.39, 0.29) is 49.3 Å². The molecule has 0 spiro atoms. The van der Waals surface area contributed by atoms with E-state index in [4.69, 9.17) is 16.3 Å². The number of alkyl halides is 4. The molecule has 318 valence electrons. The molecule has 3 aliphatic rings. The Bertz CT molecular complexity index is 2110. The number of hydrazine groups is 1. The molecule has 6 rings (SSSR count). The van der Waals surface area contributed by atoms with Crippen molar-refractivity contribution in [2.24, 2.45) is 5.92 Å². The Labute approximate surface area is 353 Å². The van der Waals surface area contributed by atoms with Gasteiger partial charge in [0.2, 0.25) is 17.7 Å². The topological polar surface area (TPSA) is 156 Å². The summed E-state index contributed by atoms with van der Waals surface area (Å²) in [6, 6.07) is 14.3. The minimum atomic E-state index is -4.79. The number of likely N-dealkylation sites (tertiary alicyclic amines) is 1. The SMILES string of the molecule is CC1(C)C(=O)N(c2ccc(C#N)c(C(F)(F)F)c2)N[SH]1c1ccc(OCCC2CCN(CC(=O)Nc3cc(Cl)cc(NC4CCC(=O)NC4=O)c3)CC2)c(CCF)c1.Cl. The standard InChI is InChI=1S/C40H44ClF4N7O5S.ClH/c1-39(2)38(56)52(30-4-3-26(22-46)32(21-30)40(43,44)45)50-58(39)31-5-7-34(25(17-31)9-13-42)57-16-12-24-10-14-51(15-11-24)23-36(54)48-29-19-27(41)18-28(20-29)47-33-6-8-35(53)49-37(33)55;/h3-5,7,17-21,24,33,47,50,58H,6,8-16,23H2,1-2H3,(H,48,54)(H,49,53,55);1H. The highest BCUT2D eigenvalue weighted by molar-refractivity contribution is 8.17. The van der Waals surface area contributed by atoms with Gasteiger partial charge in [-0.15, -0.1) is 23.5 Å². The lowest BCUT2D eigenvalue weighted by atomic mass is 9.94. The minimum Gasteiger partial charge on any atom is -0.493 e. The summed E-state index contributed by atoms with van der Waals surface area (Å²) < 4.78 is 60.0. The second-order valence-electron chi connectivity index (χ2n) is 15.0. The number of thiol groups is 1. The fourth-order valence-electron chi connectivity index (χ4n) is 7.29. The Morgan fingerprint density at radius 3 is 2.46 bits per heavy atom. The molecule has 0 bridgehead atoms. The van der Waals surface area contributed by atoms with E-state index in [1.807, 2.05) is 0 Å². The number of halogens is 6. The van der Waals surface area contributed by atoms with E-state index < -0.39 is 57.7 Å². The van der Waals surface area contributed by atoms with Crippen LogP contribution >= 0.6 is 35.1 Å². The predicted octanol–water partition coefficient (Wildman–Crippen LogP) is 7.11. The van der Waals surface area contributed by atoms with Gasteiger partial charge in [-0.2, -0.15) is 23.3 Å². The van der Waals surface area contributed by atoms with Crippen molar-refractivity contribution in [1.29, 1.82) is 5.26 Å². The van der Waals surface area contributed by atoms with Gasteiger partial charge >= 0.3 is 6.18 Å². The first kappa shape index (κ1) is 45.5. The second kappa shape index (κ2) is 19.2. The van der Waals surface area contributed by atoms with Crippen molar-refractivity contribution in [1.82, 2.24) is 15.0 Å². The van der Waals surface area contributed by atoms with Crippen LogP contribution in [-0.2, 0) is 31.8 Å². The van der Waals surface area contributed by atoms with Gasteiger partial charge in [-0.1, -0.05) is 11.6 Å². The molecule has 3 fully saturated rings. The maximum Gasteiger partial charge on any atom is 0.417 e. The summed E-state index contributed by atoms with van der Waals surface area (Å²) >= 11 is 4.79. The number of rotatable bonds is 13. The third-order valence-electron chi connectivity index (χ3n) is 10.5. The highest BCUT2D eigenvalue weighted by Crippen LogP contribution is 2.52. The lowest BCUT2D eigenvalue weighted by Gasteiger charge is -2.31. The molecule has 12 nitrogen and oxygen atoms in total. The quantitative estimate of drug-likeness (QED) is 0.0687. The van der Waals surface area contributed by atoms with Gasteiger partial charge in [-0.05, 0) is 119 Å². The highest BCUT2D eigenvalue weighted by Gasteiger charge is 2.47. The summed E-state index contributed by atoms with van der Waals surface area (Å²) in [6.45, 7) is 4.76. The molecule has 0 aliphatic carbocycles. The Kier molecular flexibility index (Phi) is 14.8. The number of nitriles is 1. The molecule has 59 heavy (non-hydrogen) atoms. The molecule has 0 aromatic heterocycles. The molecule has 3 aromatic rings. The molecular weight excluding hydrogens is 837 g/mol. The number of ether oxygens (including phenoxy) is 1. The number of carbonyl (C=O) groups is 4. The normalized spacial score (nSPS) is 20.4. The number of anilines is 3. The number of aryl methyl sites for hydroxylation is 1. The lowest BCUT2D eigenvalue weighted by Crippen LogP contribution is -2.47. The van der Waals surface area contributed by atoms with E-state index in [9.17, 15) is 42.0 Å². The molecule has 19 heteroatoms. The van der Waals surface area contributed by atoms with E-state index in [0.717, 1.165) is 36.4 Å². The lowest BCUT2D eigenvalue weighted by molar-refractivity contribution is -0.138. The molecule has 4 N–H and O–H groups in total. The van der Waals surface area contributed by atoms with Gasteiger partial charge in [0.15, 0.2) is 0 Å². The molecule has 4 amide bonds. The summed E-state index contributed by atoms with van der Waals surface area (Å²) in [7, 11) is 0. The molecule has 0 saturated carbocycles. The van der Waals surface area contributed by atoms with Crippen molar-refractivity contribution < 1.29 is 41.5 Å². The van der Waals surface area contributed by atoms with Gasteiger partial charge in [0, 0.05) is 34.1 Å². The number of nitrogens with one attached hydrogen (secondary N) is 4. The molecule has 0 radical (unpaired) electrons. The van der Waals surface area contributed by atoms with E-state index in [0.29, 0.717) is 64.6 Å². The zero-order valence-electron chi connectivity index (χ0n) is 32.3. The van der Waals surface area contributed by atoms with Crippen LogP contribution in [0.2, 0.25) is 5.02 Å². The summed E-state index contributed by atoms with van der Waals surface area (Å²) in [6.07, 6.45) is -1.69. The summed E-state index contributed by atoms with van der Waals surface area (Å²) in [5.41, 5.74) is -0.0852. The maximum atomic E-state index is 13.8. The van der Waals surface area contributed by atoms with Crippen molar-refractivity contribution in [3.8, 4) is 11.8 Å². The monoisotopic (exact) mass is 881 g/mol. The minimum absolute atomic E-state index is 0. The zero-order valence-corrected chi connectivity index (χ0v) is 34.7. The van der Waals surface area contributed by atoms with Gasteiger partial charge in [0.1, 0.15) is 11.8 Å². The van der Waals surface area contributed by atoms with Crippen LogP contribution in [0.15, 0.2) is 59.5 Å². The molecule has 2 unspecified atom stereocenters. The smallest absolute Gasteiger partial charge is 0.417 e. The Morgan fingerprint density at radius 2 is 1.78 bits per heavy atom. The average Bonchev–Trinajstić information content (AvgIpc) is 3.40. The van der Waals surface area contributed by atoms with Gasteiger partial charge < -0.3 is 15.4 Å². The van der Waals surface area contributed by atoms with Gasteiger partial charge in [-0.25, -0.2) is 5.01 Å². The van der Waals surface area contributed by atoms with Gasteiger partial charge in [-0.3, -0.25) is 33.8 Å². The molecule has 3 aliphatic heterocycles.